The Kier molecular flexibility index (Phi) is 4.60. The van der Waals surface area contributed by atoms with Gasteiger partial charge in [0, 0.05) is 32.6 Å². The molecule has 0 aliphatic carbocycles. The zero-order valence-electron chi connectivity index (χ0n) is 12.3. The number of aliphatic imine (C=N–C) groups is 1. The van der Waals surface area contributed by atoms with Crippen LogP contribution in [0.25, 0.3) is 0 Å². The van der Waals surface area contributed by atoms with Crippen molar-refractivity contribution in [1.82, 2.24) is 10.2 Å². The summed E-state index contributed by atoms with van der Waals surface area (Å²) in [6.07, 6.45) is 0. The normalized spacial score (nSPS) is 17.5. The van der Waals surface area contributed by atoms with Crippen LogP contribution in [0.4, 0.5) is 4.39 Å². The van der Waals surface area contributed by atoms with E-state index in [0.29, 0.717) is 6.54 Å². The highest BCUT2D eigenvalue weighted by molar-refractivity contribution is 5.79. The second-order valence-corrected chi connectivity index (χ2v) is 5.69. The van der Waals surface area contributed by atoms with Crippen molar-refractivity contribution >= 4 is 5.96 Å². The largest absolute Gasteiger partial charge is 0.380 e. The minimum atomic E-state index is -0.211. The van der Waals surface area contributed by atoms with E-state index in [9.17, 15) is 4.39 Å². The number of guanidine groups is 1. The molecule has 0 bridgehead atoms. The fourth-order valence-corrected chi connectivity index (χ4v) is 2.17. The van der Waals surface area contributed by atoms with Crippen molar-refractivity contribution in [2.45, 2.75) is 13.5 Å². The highest BCUT2D eigenvalue weighted by atomic mass is 19.1. The molecule has 0 atom stereocenters. The standard InChI is InChI=1S/C15H22FN3O/c1-15(10-20-11-15)9-18-14(17-2)19(3)8-12-4-6-13(16)7-5-12/h4-7H,8-11H2,1-3H3,(H,17,18). The van der Waals surface area contributed by atoms with Crippen LogP contribution < -0.4 is 5.32 Å². The summed E-state index contributed by atoms with van der Waals surface area (Å²) in [6.45, 7) is 5.30. The SMILES string of the molecule is CN=C(NCC1(C)COC1)N(C)Cc1ccc(F)cc1. The van der Waals surface area contributed by atoms with Crippen molar-refractivity contribution in [3.8, 4) is 0 Å². The van der Waals surface area contributed by atoms with Gasteiger partial charge in [0.05, 0.1) is 13.2 Å². The average molecular weight is 279 g/mol. The van der Waals surface area contributed by atoms with E-state index in [1.165, 1.54) is 12.1 Å². The molecular weight excluding hydrogens is 257 g/mol. The Morgan fingerprint density at radius 1 is 1.40 bits per heavy atom. The number of halogens is 1. The van der Waals surface area contributed by atoms with Crippen LogP contribution >= 0.6 is 0 Å². The Balaban J connectivity index is 1.88. The highest BCUT2D eigenvalue weighted by Crippen LogP contribution is 2.25. The van der Waals surface area contributed by atoms with E-state index in [2.05, 4.69) is 17.2 Å². The summed E-state index contributed by atoms with van der Waals surface area (Å²) in [7, 11) is 3.74. The molecule has 1 N–H and O–H groups in total. The zero-order chi connectivity index (χ0) is 14.6. The molecule has 4 nitrogen and oxygen atoms in total. The number of rotatable bonds is 4. The zero-order valence-corrected chi connectivity index (χ0v) is 12.3. The Labute approximate surface area is 119 Å². The van der Waals surface area contributed by atoms with Crippen LogP contribution in [-0.2, 0) is 11.3 Å². The van der Waals surface area contributed by atoms with E-state index in [1.54, 1.807) is 19.2 Å². The van der Waals surface area contributed by atoms with E-state index >= 15 is 0 Å². The first-order valence-corrected chi connectivity index (χ1v) is 6.76. The van der Waals surface area contributed by atoms with Gasteiger partial charge in [-0.05, 0) is 17.7 Å². The molecular formula is C15H22FN3O. The van der Waals surface area contributed by atoms with Gasteiger partial charge in [-0.3, -0.25) is 4.99 Å². The van der Waals surface area contributed by atoms with Gasteiger partial charge in [0.15, 0.2) is 5.96 Å². The summed E-state index contributed by atoms with van der Waals surface area (Å²) < 4.78 is 18.1. The molecule has 20 heavy (non-hydrogen) atoms. The van der Waals surface area contributed by atoms with Crippen molar-refractivity contribution < 1.29 is 9.13 Å². The number of nitrogens with one attached hydrogen (secondary N) is 1. The van der Waals surface area contributed by atoms with E-state index in [1.807, 2.05) is 11.9 Å². The van der Waals surface area contributed by atoms with Gasteiger partial charge in [0.2, 0.25) is 0 Å². The van der Waals surface area contributed by atoms with Crippen LogP contribution in [0.2, 0.25) is 0 Å². The average Bonchev–Trinajstić information content (AvgIpc) is 2.40. The third-order valence-corrected chi connectivity index (χ3v) is 3.48. The summed E-state index contributed by atoms with van der Waals surface area (Å²) in [5.41, 5.74) is 1.25. The first-order valence-electron chi connectivity index (χ1n) is 6.76. The van der Waals surface area contributed by atoms with Crippen molar-refractivity contribution in [3.05, 3.63) is 35.6 Å². The molecule has 1 heterocycles. The molecule has 1 aromatic carbocycles. The first-order chi connectivity index (χ1) is 9.52. The van der Waals surface area contributed by atoms with Gasteiger partial charge in [-0.15, -0.1) is 0 Å². The molecule has 0 radical (unpaired) electrons. The third kappa shape index (κ3) is 3.70. The van der Waals surface area contributed by atoms with Crippen molar-refractivity contribution in [3.63, 3.8) is 0 Å². The topological polar surface area (TPSA) is 36.9 Å². The van der Waals surface area contributed by atoms with Crippen molar-refractivity contribution in [2.24, 2.45) is 10.4 Å². The summed E-state index contributed by atoms with van der Waals surface area (Å²) in [5.74, 6) is 0.624. The third-order valence-electron chi connectivity index (χ3n) is 3.48. The molecule has 0 unspecified atom stereocenters. The van der Waals surface area contributed by atoms with E-state index in [4.69, 9.17) is 4.74 Å². The Bertz CT molecular complexity index is 469. The Hall–Kier alpha value is -1.62. The highest BCUT2D eigenvalue weighted by Gasteiger charge is 2.33. The molecule has 0 spiro atoms. The second kappa shape index (κ2) is 6.22. The number of hydrogen-bond acceptors (Lipinski definition) is 2. The molecule has 5 heteroatoms. The van der Waals surface area contributed by atoms with Crippen LogP contribution in [0.3, 0.4) is 0 Å². The number of nitrogens with zero attached hydrogens (tertiary/aromatic N) is 2. The van der Waals surface area contributed by atoms with Crippen LogP contribution in [0.1, 0.15) is 12.5 Å². The fourth-order valence-electron chi connectivity index (χ4n) is 2.17. The molecule has 1 fully saturated rings. The lowest BCUT2D eigenvalue weighted by molar-refractivity contribution is -0.0972. The molecule has 1 aliphatic heterocycles. The minimum absolute atomic E-state index is 0.201. The minimum Gasteiger partial charge on any atom is -0.380 e. The van der Waals surface area contributed by atoms with Gasteiger partial charge in [-0.25, -0.2) is 4.39 Å². The maximum Gasteiger partial charge on any atom is 0.193 e. The maximum atomic E-state index is 12.9. The van der Waals surface area contributed by atoms with Gasteiger partial charge in [-0.1, -0.05) is 19.1 Å². The van der Waals surface area contributed by atoms with Crippen LogP contribution in [0.15, 0.2) is 29.3 Å². The summed E-state index contributed by atoms with van der Waals surface area (Å²) in [4.78, 5) is 6.30. The van der Waals surface area contributed by atoms with Crippen LogP contribution in [-0.4, -0.2) is 44.7 Å². The number of benzene rings is 1. The van der Waals surface area contributed by atoms with Crippen LogP contribution in [0.5, 0.6) is 0 Å². The fraction of sp³-hybridized carbons (Fsp3) is 0.533. The van der Waals surface area contributed by atoms with Gasteiger partial charge >= 0.3 is 0 Å². The summed E-state index contributed by atoms with van der Waals surface area (Å²) in [5, 5.41) is 3.37. The predicted octanol–water partition coefficient (Wildman–Crippen LogP) is 1.87. The van der Waals surface area contributed by atoms with E-state index in [-0.39, 0.29) is 11.2 Å². The first kappa shape index (κ1) is 14.8. The van der Waals surface area contributed by atoms with Gasteiger partial charge < -0.3 is 15.0 Å². The lowest BCUT2D eigenvalue weighted by atomic mass is 9.89. The predicted molar refractivity (Wildman–Crippen MR) is 78.2 cm³/mol. The summed E-state index contributed by atoms with van der Waals surface area (Å²) in [6, 6.07) is 6.54. The second-order valence-electron chi connectivity index (χ2n) is 5.69. The lowest BCUT2D eigenvalue weighted by Crippen LogP contribution is -2.51. The quantitative estimate of drug-likeness (QED) is 0.675. The van der Waals surface area contributed by atoms with Gasteiger partial charge in [0.1, 0.15) is 5.82 Å². The molecule has 1 aliphatic rings. The molecule has 2 rings (SSSR count). The Morgan fingerprint density at radius 3 is 2.55 bits per heavy atom. The number of ether oxygens (including phenoxy) is 1. The van der Waals surface area contributed by atoms with Gasteiger partial charge in [0.25, 0.3) is 0 Å². The van der Waals surface area contributed by atoms with Crippen LogP contribution in [0, 0.1) is 11.2 Å². The number of hydrogen-bond donors (Lipinski definition) is 1. The molecule has 1 saturated heterocycles. The molecule has 110 valence electrons. The van der Waals surface area contributed by atoms with E-state index in [0.717, 1.165) is 31.3 Å². The summed E-state index contributed by atoms with van der Waals surface area (Å²) >= 11 is 0. The monoisotopic (exact) mass is 279 g/mol. The Morgan fingerprint density at radius 2 is 2.05 bits per heavy atom. The van der Waals surface area contributed by atoms with Crippen molar-refractivity contribution in [2.75, 3.05) is 33.9 Å². The van der Waals surface area contributed by atoms with Crippen molar-refractivity contribution in [1.29, 1.82) is 0 Å². The van der Waals surface area contributed by atoms with E-state index < -0.39 is 0 Å². The lowest BCUT2D eigenvalue weighted by Gasteiger charge is -2.39. The molecule has 0 aromatic heterocycles. The maximum absolute atomic E-state index is 12.9. The molecule has 1 aromatic rings. The molecule has 0 amide bonds. The van der Waals surface area contributed by atoms with Gasteiger partial charge in [-0.2, -0.15) is 0 Å². The smallest absolute Gasteiger partial charge is 0.193 e. The molecule has 0 saturated carbocycles.